The first-order chi connectivity index (χ1) is 18.2. The predicted molar refractivity (Wildman–Crippen MR) is 153 cm³/mol. The second-order valence-electron chi connectivity index (χ2n) is 9.78. The van der Waals surface area contributed by atoms with Crippen molar-refractivity contribution in [3.8, 4) is 0 Å². The summed E-state index contributed by atoms with van der Waals surface area (Å²) >= 11 is 0. The molecule has 37 heavy (non-hydrogen) atoms. The largest absolute Gasteiger partial charge is 0.296 e. The highest BCUT2D eigenvalue weighted by atomic mass is 31.2. The lowest BCUT2D eigenvalue weighted by Crippen LogP contribution is -2.49. The summed E-state index contributed by atoms with van der Waals surface area (Å²) < 4.78 is 26.8. The van der Waals surface area contributed by atoms with Gasteiger partial charge in [0.25, 0.3) is 0 Å². The first-order valence-electron chi connectivity index (χ1n) is 12.8. The van der Waals surface area contributed by atoms with E-state index in [-0.39, 0.29) is 19.9 Å². The van der Waals surface area contributed by atoms with E-state index in [4.69, 9.17) is 0 Å². The normalized spacial score (nSPS) is 18.3. The zero-order chi connectivity index (χ0) is 25.6. The average molecular weight is 527 g/mol. The number of benzene rings is 4. The number of rotatable bonds is 9. The van der Waals surface area contributed by atoms with E-state index in [2.05, 4.69) is 70.8 Å². The molecule has 1 aliphatic rings. The second kappa shape index (κ2) is 11.7. The van der Waals surface area contributed by atoms with Gasteiger partial charge in [0.15, 0.2) is 0 Å². The number of hydrogen-bond acceptors (Lipinski definition) is 2. The Morgan fingerprint density at radius 2 is 1.19 bits per heavy atom. The highest BCUT2D eigenvalue weighted by Crippen LogP contribution is 2.49. The minimum Gasteiger partial charge on any atom is -0.296 e. The molecule has 2 unspecified atom stereocenters. The highest BCUT2D eigenvalue weighted by Gasteiger charge is 2.43. The molecule has 1 fully saturated rings. The Kier molecular flexibility index (Phi) is 8.13. The molecular formula is C31H32N2O2P2. The minimum atomic E-state index is -3.22. The van der Waals surface area contributed by atoms with E-state index in [1.807, 2.05) is 60.7 Å². The van der Waals surface area contributed by atoms with Gasteiger partial charge >= 0.3 is 0 Å². The molecule has 0 radical (unpaired) electrons. The molecule has 0 saturated heterocycles. The van der Waals surface area contributed by atoms with E-state index >= 15 is 0 Å². The lowest BCUT2D eigenvalue weighted by atomic mass is 9.62. The summed E-state index contributed by atoms with van der Waals surface area (Å²) in [5.74, 6) is 0.108. The molecule has 188 valence electrons. The molecule has 4 aromatic carbocycles. The van der Waals surface area contributed by atoms with E-state index < -0.39 is 13.5 Å². The van der Waals surface area contributed by atoms with Gasteiger partial charge in [0.05, 0.1) is 6.17 Å². The Hall–Kier alpha value is -2.87. The maximum absolute atomic E-state index is 14.8. The maximum atomic E-state index is 14.8. The summed E-state index contributed by atoms with van der Waals surface area (Å²) in [7, 11) is -3.40. The molecule has 4 aromatic rings. The third-order valence-electron chi connectivity index (χ3n) is 7.67. The van der Waals surface area contributed by atoms with E-state index in [0.717, 1.165) is 36.3 Å². The molecule has 0 bridgehead atoms. The first-order valence-corrected chi connectivity index (χ1v) is 15.4. The van der Waals surface area contributed by atoms with Gasteiger partial charge in [0.2, 0.25) is 15.9 Å². The van der Waals surface area contributed by atoms with Gasteiger partial charge in [-0.05, 0) is 60.6 Å². The van der Waals surface area contributed by atoms with E-state index in [1.54, 1.807) is 0 Å². The van der Waals surface area contributed by atoms with Crippen molar-refractivity contribution in [2.24, 2.45) is 5.92 Å². The summed E-state index contributed by atoms with van der Waals surface area (Å²) in [5.41, 5.74) is 2.41. The second-order valence-corrected chi connectivity index (χ2v) is 12.7. The highest BCUT2D eigenvalue weighted by molar-refractivity contribution is 7.77. The lowest BCUT2D eigenvalue weighted by molar-refractivity contribution is 0.212. The van der Waals surface area contributed by atoms with Crippen molar-refractivity contribution in [2.75, 3.05) is 0 Å². The molecule has 2 atom stereocenters. The SMILES string of the molecule is O=PNC(NP(=O)(c1ccccc1)c1ccccc1)C1CCCC(c2ccccc2)(c2ccccc2)C1. The number of hydrogen-bond donors (Lipinski definition) is 2. The molecular weight excluding hydrogens is 494 g/mol. The standard InChI is InChI=1S/C31H32N2O2P2/c34-36-32-30(33-37(35,28-19-9-3-10-20-28)29-21-11-4-12-22-29)25-14-13-23-31(24-25,26-15-5-1-6-16-26)27-17-7-2-8-18-27/h1-12,15-22,25,30H,13-14,23-24H2,(H,32,34)(H,33,35). The first kappa shape index (κ1) is 25.8. The molecule has 2 N–H and O–H groups in total. The Morgan fingerprint density at radius 1 is 0.730 bits per heavy atom. The molecule has 0 amide bonds. The van der Waals surface area contributed by atoms with E-state index in [9.17, 15) is 9.13 Å². The van der Waals surface area contributed by atoms with Crippen LogP contribution >= 0.6 is 15.9 Å². The van der Waals surface area contributed by atoms with Crippen LogP contribution in [-0.2, 0) is 14.5 Å². The Balaban J connectivity index is 1.54. The van der Waals surface area contributed by atoms with Gasteiger partial charge in [0, 0.05) is 16.0 Å². The summed E-state index contributed by atoms with van der Waals surface area (Å²) in [6.45, 7) is 0. The smallest absolute Gasteiger partial charge is 0.247 e. The Bertz CT molecular complexity index is 1250. The van der Waals surface area contributed by atoms with Crippen LogP contribution < -0.4 is 20.8 Å². The average Bonchev–Trinajstić information content (AvgIpc) is 2.98. The van der Waals surface area contributed by atoms with Crippen molar-refractivity contribution in [1.82, 2.24) is 10.2 Å². The van der Waals surface area contributed by atoms with Crippen molar-refractivity contribution in [3.05, 3.63) is 132 Å². The van der Waals surface area contributed by atoms with Crippen molar-refractivity contribution >= 4 is 26.5 Å². The van der Waals surface area contributed by atoms with Gasteiger partial charge in [-0.15, -0.1) is 0 Å². The molecule has 0 aromatic heterocycles. The molecule has 0 aliphatic heterocycles. The summed E-state index contributed by atoms with van der Waals surface area (Å²) in [5, 5.41) is 8.11. The van der Waals surface area contributed by atoms with Crippen LogP contribution in [-0.4, -0.2) is 6.17 Å². The Morgan fingerprint density at radius 3 is 1.65 bits per heavy atom. The molecule has 5 rings (SSSR count). The molecule has 0 spiro atoms. The lowest BCUT2D eigenvalue weighted by Gasteiger charge is -2.45. The van der Waals surface area contributed by atoms with Crippen LogP contribution in [0, 0.1) is 5.92 Å². The van der Waals surface area contributed by atoms with Crippen molar-refractivity contribution in [1.29, 1.82) is 0 Å². The maximum Gasteiger partial charge on any atom is 0.247 e. The van der Waals surface area contributed by atoms with Gasteiger partial charge in [-0.2, -0.15) is 0 Å². The molecule has 0 heterocycles. The number of nitrogens with one attached hydrogen (secondary N) is 2. The van der Waals surface area contributed by atoms with Crippen LogP contribution in [0.2, 0.25) is 0 Å². The molecule has 4 nitrogen and oxygen atoms in total. The van der Waals surface area contributed by atoms with Gasteiger partial charge < -0.3 is 0 Å². The van der Waals surface area contributed by atoms with E-state index in [0.29, 0.717) is 0 Å². The van der Waals surface area contributed by atoms with Crippen LogP contribution in [0.15, 0.2) is 121 Å². The van der Waals surface area contributed by atoms with Gasteiger partial charge in [-0.1, -0.05) is 103 Å². The summed E-state index contributed by atoms with van der Waals surface area (Å²) in [4.78, 5) is 0. The zero-order valence-corrected chi connectivity index (χ0v) is 22.5. The monoisotopic (exact) mass is 526 g/mol. The predicted octanol–water partition coefficient (Wildman–Crippen LogP) is 6.80. The summed E-state index contributed by atoms with van der Waals surface area (Å²) in [6.07, 6.45) is 3.45. The third kappa shape index (κ3) is 5.40. The van der Waals surface area contributed by atoms with Crippen molar-refractivity contribution in [2.45, 2.75) is 37.3 Å². The zero-order valence-electron chi connectivity index (χ0n) is 20.7. The molecule has 1 saturated carbocycles. The molecule has 6 heteroatoms. The van der Waals surface area contributed by atoms with E-state index in [1.165, 1.54) is 11.1 Å². The quantitative estimate of drug-likeness (QED) is 0.186. The minimum absolute atomic E-state index is 0.108. The fourth-order valence-electron chi connectivity index (χ4n) is 5.87. The third-order valence-corrected chi connectivity index (χ3v) is 10.7. The fraction of sp³-hybridized carbons (Fsp3) is 0.226. The topological polar surface area (TPSA) is 58.2 Å². The van der Waals surface area contributed by atoms with Crippen LogP contribution in [0.5, 0.6) is 0 Å². The van der Waals surface area contributed by atoms with Crippen molar-refractivity contribution in [3.63, 3.8) is 0 Å². The van der Waals surface area contributed by atoms with Gasteiger partial charge in [0.1, 0.15) is 0 Å². The Labute approximate surface area is 221 Å². The van der Waals surface area contributed by atoms with Crippen LogP contribution in [0.1, 0.15) is 36.8 Å². The van der Waals surface area contributed by atoms with Crippen LogP contribution in [0.3, 0.4) is 0 Å². The van der Waals surface area contributed by atoms with Crippen LogP contribution in [0.25, 0.3) is 0 Å². The molecule has 1 aliphatic carbocycles. The van der Waals surface area contributed by atoms with Crippen molar-refractivity contribution < 1.29 is 9.13 Å². The van der Waals surface area contributed by atoms with Gasteiger partial charge in [-0.25, -0.2) is 10.2 Å². The van der Waals surface area contributed by atoms with Crippen LogP contribution in [0.4, 0.5) is 0 Å². The summed E-state index contributed by atoms with van der Waals surface area (Å²) in [6, 6.07) is 40.6. The fourth-order valence-corrected chi connectivity index (χ4v) is 8.81. The van der Waals surface area contributed by atoms with Gasteiger partial charge in [-0.3, -0.25) is 9.13 Å².